The number of hydrogen-bond donors (Lipinski definition) is 2. The molecule has 0 saturated heterocycles. The summed E-state index contributed by atoms with van der Waals surface area (Å²) in [4.78, 5) is 20.6. The molecule has 1 aromatic heterocycles. The third-order valence-corrected chi connectivity index (χ3v) is 4.06. The highest BCUT2D eigenvalue weighted by atomic mass is 35.5. The van der Waals surface area contributed by atoms with Crippen LogP contribution >= 0.6 is 11.6 Å². The van der Waals surface area contributed by atoms with Gasteiger partial charge in [-0.05, 0) is 30.7 Å². The van der Waals surface area contributed by atoms with Gasteiger partial charge in [-0.2, -0.15) is 0 Å². The number of nitrogens with zero attached hydrogens (tertiary/aromatic N) is 2. The van der Waals surface area contributed by atoms with Crippen molar-refractivity contribution in [2.45, 2.75) is 13.5 Å². The first-order chi connectivity index (χ1) is 12.9. The van der Waals surface area contributed by atoms with Crippen LogP contribution in [0, 0.1) is 18.6 Å². The van der Waals surface area contributed by atoms with Crippen LogP contribution in [0.5, 0.6) is 0 Å². The number of carbonyl (C=O) groups excluding carboxylic acids is 1. The zero-order chi connectivity index (χ0) is 19.4. The van der Waals surface area contributed by atoms with E-state index in [0.717, 1.165) is 17.7 Å². The minimum absolute atomic E-state index is 0.0215. The summed E-state index contributed by atoms with van der Waals surface area (Å²) in [5, 5.41) is 5.87. The highest BCUT2D eigenvalue weighted by Crippen LogP contribution is 2.20. The Morgan fingerprint density at radius 2 is 1.78 bits per heavy atom. The molecule has 1 heterocycles. The standard InChI is InChI=1S/C19H15ClF2N4O/c1-11-24-16(19(27)26-18-14(21)7-4-8-15(18)22)9-17(25-11)23-10-12-5-2-3-6-13(12)20/h2-9H,10H2,1H3,(H,26,27)(H,23,24,25). The van der Waals surface area contributed by atoms with Crippen LogP contribution in [0.3, 0.4) is 0 Å². The first-order valence-electron chi connectivity index (χ1n) is 8.02. The van der Waals surface area contributed by atoms with Crippen LogP contribution in [0.25, 0.3) is 0 Å². The summed E-state index contributed by atoms with van der Waals surface area (Å²) in [7, 11) is 0. The van der Waals surface area contributed by atoms with Gasteiger partial charge >= 0.3 is 0 Å². The van der Waals surface area contributed by atoms with Gasteiger partial charge in [-0.3, -0.25) is 4.79 Å². The molecule has 0 aliphatic carbocycles. The molecule has 1 amide bonds. The van der Waals surface area contributed by atoms with Crippen LogP contribution < -0.4 is 10.6 Å². The van der Waals surface area contributed by atoms with E-state index in [2.05, 4.69) is 20.6 Å². The Labute approximate surface area is 159 Å². The summed E-state index contributed by atoms with van der Waals surface area (Å²) in [6.45, 7) is 2.00. The van der Waals surface area contributed by atoms with Crippen LogP contribution in [-0.2, 0) is 6.54 Å². The number of benzene rings is 2. The van der Waals surface area contributed by atoms with Crippen molar-refractivity contribution in [3.63, 3.8) is 0 Å². The molecule has 3 aromatic rings. The molecule has 0 bridgehead atoms. The Balaban J connectivity index is 1.78. The van der Waals surface area contributed by atoms with Gasteiger partial charge in [0.1, 0.15) is 34.7 Å². The Morgan fingerprint density at radius 3 is 2.48 bits per heavy atom. The Kier molecular flexibility index (Phi) is 5.61. The molecule has 2 N–H and O–H groups in total. The molecule has 0 unspecified atom stereocenters. The summed E-state index contributed by atoms with van der Waals surface area (Å²) < 4.78 is 27.4. The topological polar surface area (TPSA) is 66.9 Å². The van der Waals surface area contributed by atoms with E-state index in [1.54, 1.807) is 13.0 Å². The van der Waals surface area contributed by atoms with Crippen molar-refractivity contribution in [2.75, 3.05) is 10.6 Å². The highest BCUT2D eigenvalue weighted by Gasteiger charge is 2.16. The maximum atomic E-state index is 13.7. The normalized spacial score (nSPS) is 10.5. The van der Waals surface area contributed by atoms with Gasteiger partial charge in [-0.25, -0.2) is 18.7 Å². The molecule has 0 fully saturated rings. The van der Waals surface area contributed by atoms with Crippen LogP contribution in [0.15, 0.2) is 48.5 Å². The van der Waals surface area contributed by atoms with Crippen LogP contribution in [0.2, 0.25) is 5.02 Å². The number of hydrogen-bond acceptors (Lipinski definition) is 4. The highest BCUT2D eigenvalue weighted by molar-refractivity contribution is 6.31. The Bertz CT molecular complexity index is 977. The van der Waals surface area contributed by atoms with E-state index in [1.807, 2.05) is 18.2 Å². The Morgan fingerprint density at radius 1 is 1.07 bits per heavy atom. The first-order valence-corrected chi connectivity index (χ1v) is 8.40. The van der Waals surface area contributed by atoms with Crippen molar-refractivity contribution >= 4 is 29.0 Å². The molecule has 0 atom stereocenters. The minimum atomic E-state index is -0.869. The van der Waals surface area contributed by atoms with E-state index in [4.69, 9.17) is 11.6 Å². The molecule has 2 aromatic carbocycles. The van der Waals surface area contributed by atoms with Gasteiger partial charge in [-0.15, -0.1) is 0 Å². The van der Waals surface area contributed by atoms with Crippen molar-refractivity contribution < 1.29 is 13.6 Å². The van der Waals surface area contributed by atoms with Gasteiger partial charge in [-0.1, -0.05) is 35.9 Å². The second-order valence-electron chi connectivity index (χ2n) is 5.68. The molecule has 8 heteroatoms. The zero-order valence-electron chi connectivity index (χ0n) is 14.3. The average Bonchev–Trinajstić information content (AvgIpc) is 2.63. The number of para-hydroxylation sites is 1. The number of carbonyl (C=O) groups is 1. The summed E-state index contributed by atoms with van der Waals surface area (Å²) in [6, 6.07) is 12.0. The third-order valence-electron chi connectivity index (χ3n) is 3.69. The summed E-state index contributed by atoms with van der Waals surface area (Å²) in [5.74, 6) is -1.76. The van der Waals surface area contributed by atoms with Crippen molar-refractivity contribution in [3.8, 4) is 0 Å². The van der Waals surface area contributed by atoms with Crippen molar-refractivity contribution in [2.24, 2.45) is 0 Å². The molecule has 3 rings (SSSR count). The third kappa shape index (κ3) is 4.57. The van der Waals surface area contributed by atoms with Gasteiger partial charge in [0.05, 0.1) is 0 Å². The fourth-order valence-corrected chi connectivity index (χ4v) is 2.60. The zero-order valence-corrected chi connectivity index (χ0v) is 15.0. The van der Waals surface area contributed by atoms with Crippen LogP contribution in [-0.4, -0.2) is 15.9 Å². The Hall–Kier alpha value is -3.06. The van der Waals surface area contributed by atoms with Gasteiger partial charge in [0, 0.05) is 17.6 Å². The lowest BCUT2D eigenvalue weighted by Gasteiger charge is -2.11. The van der Waals surface area contributed by atoms with Crippen LogP contribution in [0.4, 0.5) is 20.3 Å². The summed E-state index contributed by atoms with van der Waals surface area (Å²) in [5.41, 5.74) is 0.311. The maximum Gasteiger partial charge on any atom is 0.274 e. The second-order valence-corrected chi connectivity index (χ2v) is 6.09. The van der Waals surface area contributed by atoms with E-state index < -0.39 is 23.2 Å². The van der Waals surface area contributed by atoms with E-state index >= 15 is 0 Å². The molecule has 0 spiro atoms. The molecule has 0 aliphatic rings. The molecular weight excluding hydrogens is 374 g/mol. The molecule has 0 saturated carbocycles. The van der Waals surface area contributed by atoms with E-state index in [1.165, 1.54) is 12.1 Å². The smallest absolute Gasteiger partial charge is 0.274 e. The van der Waals surface area contributed by atoms with Crippen molar-refractivity contribution in [3.05, 3.63) is 82.3 Å². The number of anilines is 2. The number of halogens is 3. The summed E-state index contributed by atoms with van der Waals surface area (Å²) >= 11 is 6.12. The number of nitrogens with one attached hydrogen (secondary N) is 2. The molecular formula is C19H15ClF2N4O. The quantitative estimate of drug-likeness (QED) is 0.671. The summed E-state index contributed by atoms with van der Waals surface area (Å²) in [6.07, 6.45) is 0. The lowest BCUT2D eigenvalue weighted by Crippen LogP contribution is -2.17. The molecule has 0 radical (unpaired) electrons. The lowest BCUT2D eigenvalue weighted by molar-refractivity contribution is 0.102. The van der Waals surface area contributed by atoms with Gasteiger partial charge < -0.3 is 10.6 Å². The van der Waals surface area contributed by atoms with Crippen molar-refractivity contribution in [1.29, 1.82) is 0 Å². The molecule has 138 valence electrons. The number of aryl methyl sites for hydroxylation is 1. The maximum absolute atomic E-state index is 13.7. The molecule has 27 heavy (non-hydrogen) atoms. The van der Waals surface area contributed by atoms with E-state index in [-0.39, 0.29) is 5.69 Å². The average molecular weight is 389 g/mol. The predicted octanol–water partition coefficient (Wildman–Crippen LogP) is 4.58. The van der Waals surface area contributed by atoms with Gasteiger partial charge in [0.25, 0.3) is 5.91 Å². The molecule has 5 nitrogen and oxygen atoms in total. The van der Waals surface area contributed by atoms with Crippen molar-refractivity contribution in [1.82, 2.24) is 9.97 Å². The first kappa shape index (κ1) is 18.7. The fraction of sp³-hybridized carbons (Fsp3) is 0.105. The number of amides is 1. The van der Waals surface area contributed by atoms with E-state index in [9.17, 15) is 13.6 Å². The second kappa shape index (κ2) is 8.09. The van der Waals surface area contributed by atoms with Gasteiger partial charge in [0.15, 0.2) is 0 Å². The fourth-order valence-electron chi connectivity index (χ4n) is 2.40. The monoisotopic (exact) mass is 388 g/mol. The predicted molar refractivity (Wildman–Crippen MR) is 99.9 cm³/mol. The van der Waals surface area contributed by atoms with Gasteiger partial charge in [0.2, 0.25) is 0 Å². The largest absolute Gasteiger partial charge is 0.366 e. The SMILES string of the molecule is Cc1nc(NCc2ccccc2Cl)cc(C(=O)Nc2c(F)cccc2F)n1. The van der Waals surface area contributed by atoms with E-state index in [0.29, 0.717) is 23.2 Å². The molecule has 0 aliphatic heterocycles. The minimum Gasteiger partial charge on any atom is -0.366 e. The number of rotatable bonds is 5. The number of aromatic nitrogens is 2. The van der Waals surface area contributed by atoms with Crippen LogP contribution in [0.1, 0.15) is 21.9 Å². The lowest BCUT2D eigenvalue weighted by atomic mass is 10.2.